The van der Waals surface area contributed by atoms with Gasteiger partial charge in [-0.1, -0.05) is 6.92 Å². The van der Waals surface area contributed by atoms with Gasteiger partial charge in [-0.15, -0.1) is 0 Å². The van der Waals surface area contributed by atoms with Crippen molar-refractivity contribution in [1.29, 1.82) is 0 Å². The van der Waals surface area contributed by atoms with E-state index in [-0.39, 0.29) is 27.7 Å². The Bertz CT molecular complexity index is 66.6. The van der Waals surface area contributed by atoms with Crippen molar-refractivity contribution in [2.24, 2.45) is 0 Å². The number of esters is 1. The Morgan fingerprint density at radius 2 is 2.22 bits per heavy atom. The third-order valence-electron chi connectivity index (χ3n) is 0.680. The quantitative estimate of drug-likeness (QED) is 0.372. The molecule has 0 saturated heterocycles. The topological polar surface area (TPSA) is 46.5 Å². The third-order valence-corrected chi connectivity index (χ3v) is 0.680. The van der Waals surface area contributed by atoms with Gasteiger partial charge < -0.3 is 9.84 Å². The maximum Gasteiger partial charge on any atom is 0.307 e. The maximum absolute atomic E-state index is 10.3. The van der Waals surface area contributed by atoms with Gasteiger partial charge in [-0.3, -0.25) is 4.79 Å². The van der Waals surface area contributed by atoms with E-state index in [4.69, 9.17) is 5.11 Å². The van der Waals surface area contributed by atoms with Gasteiger partial charge in [0.25, 0.3) is 0 Å². The van der Waals surface area contributed by atoms with Crippen LogP contribution in [0.4, 0.5) is 0 Å². The molecule has 0 aliphatic heterocycles. The zero-order chi connectivity index (χ0) is 6.41. The molecular formula is C5H10O3Ti. The van der Waals surface area contributed by atoms with E-state index >= 15 is 0 Å². The Labute approximate surface area is 69.3 Å². The molecule has 0 atom stereocenters. The van der Waals surface area contributed by atoms with Gasteiger partial charge in [0.05, 0.1) is 0 Å². The average molecular weight is 166 g/mol. The van der Waals surface area contributed by atoms with Crippen LogP contribution in [0.3, 0.4) is 0 Å². The molecule has 0 radical (unpaired) electrons. The molecule has 0 aliphatic rings. The standard InChI is InChI=1S/C5H10O3.Ti/c1-2-3-5(7)8-4-6;/h6H,2-4H2,1H3;. The number of ether oxygens (including phenoxy) is 1. The van der Waals surface area contributed by atoms with Crippen molar-refractivity contribution in [3.63, 3.8) is 0 Å². The fourth-order valence-electron chi connectivity index (χ4n) is 0.348. The molecule has 0 aliphatic carbocycles. The van der Waals surface area contributed by atoms with Crippen LogP contribution in [-0.4, -0.2) is 17.9 Å². The SMILES string of the molecule is CCCC(=O)OCO.[Ti]. The molecular weight excluding hydrogens is 156 g/mol. The van der Waals surface area contributed by atoms with Crippen LogP contribution in [0.1, 0.15) is 19.8 Å². The van der Waals surface area contributed by atoms with E-state index in [0.717, 1.165) is 6.42 Å². The Kier molecular flexibility index (Phi) is 10.8. The summed E-state index contributed by atoms with van der Waals surface area (Å²) < 4.78 is 4.20. The zero-order valence-electron chi connectivity index (χ0n) is 5.39. The number of hydrogen-bond acceptors (Lipinski definition) is 3. The van der Waals surface area contributed by atoms with Crippen LogP contribution < -0.4 is 0 Å². The second kappa shape index (κ2) is 8.14. The molecule has 0 saturated carbocycles. The van der Waals surface area contributed by atoms with Gasteiger partial charge in [-0.2, -0.15) is 0 Å². The normalized spacial score (nSPS) is 7.78. The summed E-state index contributed by atoms with van der Waals surface area (Å²) in [5, 5.41) is 8.02. The van der Waals surface area contributed by atoms with Gasteiger partial charge in [0.1, 0.15) is 0 Å². The van der Waals surface area contributed by atoms with Crippen molar-refractivity contribution >= 4 is 5.97 Å². The summed E-state index contributed by atoms with van der Waals surface area (Å²) in [6.45, 7) is 1.37. The number of carbonyl (C=O) groups excluding carboxylic acids is 1. The first-order valence-electron chi connectivity index (χ1n) is 2.57. The minimum absolute atomic E-state index is 0. The molecule has 0 aromatic heterocycles. The van der Waals surface area contributed by atoms with Crippen LogP contribution in [-0.2, 0) is 31.2 Å². The molecule has 0 unspecified atom stereocenters. The van der Waals surface area contributed by atoms with E-state index in [9.17, 15) is 4.79 Å². The predicted octanol–water partition coefficient (Wildman–Crippen LogP) is 0.277. The first-order chi connectivity index (χ1) is 3.81. The molecule has 0 amide bonds. The van der Waals surface area contributed by atoms with Crippen LogP contribution >= 0.6 is 0 Å². The fourth-order valence-corrected chi connectivity index (χ4v) is 0.348. The van der Waals surface area contributed by atoms with Crippen molar-refractivity contribution < 1.29 is 36.4 Å². The van der Waals surface area contributed by atoms with Crippen molar-refractivity contribution in [1.82, 2.24) is 0 Å². The Morgan fingerprint density at radius 3 is 2.56 bits per heavy atom. The van der Waals surface area contributed by atoms with E-state index in [1.54, 1.807) is 0 Å². The Morgan fingerprint density at radius 1 is 1.67 bits per heavy atom. The molecule has 0 aromatic rings. The van der Waals surface area contributed by atoms with Gasteiger partial charge in [0.15, 0.2) is 6.79 Å². The van der Waals surface area contributed by atoms with Crippen LogP contribution in [0.2, 0.25) is 0 Å². The number of aliphatic hydroxyl groups is 1. The Hall–Kier alpha value is 0.144. The minimum atomic E-state index is -0.501. The summed E-state index contributed by atoms with van der Waals surface area (Å²) in [5.41, 5.74) is 0. The molecule has 1 N–H and O–H groups in total. The summed E-state index contributed by atoms with van der Waals surface area (Å²) in [6.07, 6.45) is 1.15. The monoisotopic (exact) mass is 166 g/mol. The van der Waals surface area contributed by atoms with Crippen molar-refractivity contribution in [2.75, 3.05) is 6.79 Å². The number of carbonyl (C=O) groups is 1. The van der Waals surface area contributed by atoms with Gasteiger partial charge >= 0.3 is 5.97 Å². The van der Waals surface area contributed by atoms with Crippen molar-refractivity contribution in [3.8, 4) is 0 Å². The second-order valence-electron chi connectivity index (χ2n) is 1.40. The molecule has 4 heteroatoms. The van der Waals surface area contributed by atoms with Crippen LogP contribution in [0.25, 0.3) is 0 Å². The van der Waals surface area contributed by atoms with Crippen LogP contribution in [0, 0.1) is 0 Å². The summed E-state index contributed by atoms with van der Waals surface area (Å²) in [7, 11) is 0. The second-order valence-corrected chi connectivity index (χ2v) is 1.40. The van der Waals surface area contributed by atoms with E-state index in [1.807, 2.05) is 6.92 Å². The van der Waals surface area contributed by atoms with Gasteiger partial charge in [-0.25, -0.2) is 0 Å². The molecule has 9 heavy (non-hydrogen) atoms. The molecule has 0 fully saturated rings. The summed E-state index contributed by atoms with van der Waals surface area (Å²) >= 11 is 0. The molecule has 3 nitrogen and oxygen atoms in total. The zero-order valence-corrected chi connectivity index (χ0v) is 6.95. The van der Waals surface area contributed by atoms with Gasteiger partial charge in [0, 0.05) is 28.1 Å². The largest absolute Gasteiger partial charge is 0.439 e. The predicted molar refractivity (Wildman–Crippen MR) is 28.1 cm³/mol. The first-order valence-corrected chi connectivity index (χ1v) is 2.57. The van der Waals surface area contributed by atoms with Crippen molar-refractivity contribution in [3.05, 3.63) is 0 Å². The minimum Gasteiger partial charge on any atom is -0.439 e. The smallest absolute Gasteiger partial charge is 0.307 e. The molecule has 52 valence electrons. The summed E-state index contributed by atoms with van der Waals surface area (Å²) in [5.74, 6) is -0.338. The molecule has 0 bridgehead atoms. The van der Waals surface area contributed by atoms with E-state index in [0.29, 0.717) is 6.42 Å². The number of rotatable bonds is 3. The van der Waals surface area contributed by atoms with E-state index in [1.165, 1.54) is 0 Å². The van der Waals surface area contributed by atoms with E-state index < -0.39 is 6.79 Å². The number of aliphatic hydroxyl groups excluding tert-OH is 1. The fraction of sp³-hybridized carbons (Fsp3) is 0.800. The molecule has 0 spiro atoms. The third kappa shape index (κ3) is 8.14. The maximum atomic E-state index is 10.3. The Balaban J connectivity index is 0. The molecule has 0 aromatic carbocycles. The van der Waals surface area contributed by atoms with Gasteiger partial charge in [0.2, 0.25) is 0 Å². The number of hydrogen-bond donors (Lipinski definition) is 1. The molecule has 0 rings (SSSR count). The summed E-state index contributed by atoms with van der Waals surface area (Å²) in [6, 6.07) is 0. The van der Waals surface area contributed by atoms with E-state index in [2.05, 4.69) is 4.74 Å². The summed E-state index contributed by atoms with van der Waals surface area (Å²) in [4.78, 5) is 10.3. The molecule has 0 heterocycles. The van der Waals surface area contributed by atoms with Crippen LogP contribution in [0.15, 0.2) is 0 Å². The van der Waals surface area contributed by atoms with Crippen LogP contribution in [0.5, 0.6) is 0 Å². The first kappa shape index (κ1) is 11.9. The van der Waals surface area contributed by atoms with Gasteiger partial charge in [-0.05, 0) is 6.42 Å². The average Bonchev–Trinajstić information content (AvgIpc) is 1.68. The van der Waals surface area contributed by atoms with Crippen molar-refractivity contribution in [2.45, 2.75) is 19.8 Å².